The van der Waals surface area contributed by atoms with Gasteiger partial charge in [0, 0.05) is 5.41 Å². The van der Waals surface area contributed by atoms with Crippen molar-refractivity contribution in [3.8, 4) is 0 Å². The van der Waals surface area contributed by atoms with Crippen LogP contribution in [0, 0.1) is 23.2 Å². The Morgan fingerprint density at radius 1 is 1.40 bits per heavy atom. The zero-order valence-electron chi connectivity index (χ0n) is 6.38. The second-order valence-electron chi connectivity index (χ2n) is 4.35. The molecule has 0 amide bonds. The minimum absolute atomic E-state index is 0.00667. The molecule has 3 unspecified atom stereocenters. The van der Waals surface area contributed by atoms with Crippen LogP contribution >= 0.6 is 0 Å². The summed E-state index contributed by atoms with van der Waals surface area (Å²) in [6.07, 6.45) is 4.24. The van der Waals surface area contributed by atoms with Crippen LogP contribution in [0.5, 0.6) is 0 Å². The van der Waals surface area contributed by atoms with E-state index in [1.807, 2.05) is 6.92 Å². The van der Waals surface area contributed by atoms with Crippen LogP contribution in [0.4, 0.5) is 0 Å². The largest absolute Gasteiger partial charge is 0.393 e. The molecule has 0 heterocycles. The number of aliphatic hydroxyl groups is 1. The molecule has 3 aliphatic carbocycles. The van der Waals surface area contributed by atoms with E-state index in [9.17, 15) is 5.11 Å². The number of rotatable bonds is 1. The van der Waals surface area contributed by atoms with Crippen LogP contribution in [0.2, 0.25) is 0 Å². The lowest BCUT2D eigenvalue weighted by molar-refractivity contribution is 0.0899. The van der Waals surface area contributed by atoms with E-state index < -0.39 is 0 Å². The quantitative estimate of drug-likeness (QED) is 0.581. The number of hydrogen-bond acceptors (Lipinski definition) is 1. The van der Waals surface area contributed by atoms with Gasteiger partial charge in [-0.05, 0) is 37.5 Å². The van der Waals surface area contributed by atoms with Crippen molar-refractivity contribution in [3.05, 3.63) is 0 Å². The van der Waals surface area contributed by atoms with Crippen molar-refractivity contribution in [2.75, 3.05) is 0 Å². The van der Waals surface area contributed by atoms with Crippen LogP contribution in [-0.2, 0) is 0 Å². The minimum atomic E-state index is -0.00667. The highest BCUT2D eigenvalue weighted by molar-refractivity contribution is 5.34. The Balaban J connectivity index is 1.88. The lowest BCUT2D eigenvalue weighted by atomic mass is 9.81. The molecule has 1 N–H and O–H groups in total. The highest BCUT2D eigenvalue weighted by Gasteiger charge is 2.87. The van der Waals surface area contributed by atoms with Crippen molar-refractivity contribution in [3.63, 3.8) is 0 Å². The topological polar surface area (TPSA) is 20.2 Å². The smallest absolute Gasteiger partial charge is 0.0576 e. The molecule has 3 aliphatic rings. The van der Waals surface area contributed by atoms with Gasteiger partial charge in [-0.15, -0.1) is 0 Å². The van der Waals surface area contributed by atoms with Crippen molar-refractivity contribution >= 4 is 0 Å². The van der Waals surface area contributed by atoms with Crippen molar-refractivity contribution in [2.45, 2.75) is 32.3 Å². The third-order valence-corrected chi connectivity index (χ3v) is 4.26. The first-order chi connectivity index (χ1) is 4.79. The maximum absolute atomic E-state index is 9.50. The molecule has 0 radical (unpaired) electrons. The van der Waals surface area contributed by atoms with Gasteiger partial charge in [-0.25, -0.2) is 0 Å². The second-order valence-corrected chi connectivity index (χ2v) is 4.35. The van der Waals surface area contributed by atoms with Crippen LogP contribution in [0.25, 0.3) is 0 Å². The maximum atomic E-state index is 9.50. The number of fused-ring (bicyclic) bond motifs is 2. The molecule has 0 aromatic carbocycles. The van der Waals surface area contributed by atoms with Gasteiger partial charge in [0.05, 0.1) is 6.10 Å². The summed E-state index contributed by atoms with van der Waals surface area (Å²) in [6.45, 7) is 1.98. The Kier molecular flexibility index (Phi) is 0.722. The lowest BCUT2D eigenvalue weighted by Crippen LogP contribution is -2.24. The van der Waals surface area contributed by atoms with E-state index in [0.717, 1.165) is 17.8 Å². The zero-order chi connectivity index (χ0) is 6.93. The fraction of sp³-hybridized carbons (Fsp3) is 1.00. The molecule has 0 bridgehead atoms. The summed E-state index contributed by atoms with van der Waals surface area (Å²) in [5, 5.41) is 9.50. The first-order valence-corrected chi connectivity index (χ1v) is 4.47. The SMILES string of the molecule is CC(O)C12C3CCCC1C32. The fourth-order valence-electron chi connectivity index (χ4n) is 3.82. The number of hydrogen-bond donors (Lipinski definition) is 1. The fourth-order valence-corrected chi connectivity index (χ4v) is 3.82. The molecule has 3 saturated carbocycles. The normalized spacial score (nSPS) is 64.8. The predicted molar refractivity (Wildman–Crippen MR) is 38.4 cm³/mol. The molecule has 3 fully saturated rings. The van der Waals surface area contributed by atoms with E-state index in [0.29, 0.717) is 5.41 Å². The molecular weight excluding hydrogens is 124 g/mol. The van der Waals surface area contributed by atoms with Crippen molar-refractivity contribution in [1.29, 1.82) is 0 Å². The molecule has 56 valence electrons. The van der Waals surface area contributed by atoms with Gasteiger partial charge in [-0.1, -0.05) is 6.42 Å². The first-order valence-electron chi connectivity index (χ1n) is 4.47. The third-order valence-electron chi connectivity index (χ3n) is 4.26. The van der Waals surface area contributed by atoms with E-state index in [2.05, 4.69) is 0 Å². The highest BCUT2D eigenvalue weighted by atomic mass is 16.3. The highest BCUT2D eigenvalue weighted by Crippen LogP contribution is 2.89. The average Bonchev–Trinajstić information content (AvgIpc) is 2.74. The maximum Gasteiger partial charge on any atom is 0.0576 e. The molecule has 3 rings (SSSR count). The summed E-state index contributed by atoms with van der Waals surface area (Å²) in [5.41, 5.74) is 0.484. The van der Waals surface area contributed by atoms with Crippen molar-refractivity contribution in [2.24, 2.45) is 23.2 Å². The Bertz CT molecular complexity index is 164. The molecule has 0 spiro atoms. The van der Waals surface area contributed by atoms with E-state index in [-0.39, 0.29) is 6.10 Å². The van der Waals surface area contributed by atoms with Crippen molar-refractivity contribution < 1.29 is 5.11 Å². The summed E-state index contributed by atoms with van der Waals surface area (Å²) in [4.78, 5) is 0. The van der Waals surface area contributed by atoms with Crippen molar-refractivity contribution in [1.82, 2.24) is 0 Å². The van der Waals surface area contributed by atoms with Gasteiger partial charge in [-0.3, -0.25) is 0 Å². The monoisotopic (exact) mass is 138 g/mol. The van der Waals surface area contributed by atoms with E-state index in [1.54, 1.807) is 0 Å². The van der Waals surface area contributed by atoms with Gasteiger partial charge in [0.2, 0.25) is 0 Å². The van der Waals surface area contributed by atoms with Gasteiger partial charge in [-0.2, -0.15) is 0 Å². The first kappa shape index (κ1) is 5.59. The molecule has 0 aromatic heterocycles. The van der Waals surface area contributed by atoms with Crippen LogP contribution in [0.3, 0.4) is 0 Å². The van der Waals surface area contributed by atoms with Gasteiger partial charge in [0.25, 0.3) is 0 Å². The molecular formula is C9H14O. The molecule has 0 aliphatic heterocycles. The Hall–Kier alpha value is -0.0400. The standard InChI is InChI=1S/C9H14O/c1-5(10)9-6-3-2-4-7(9)8(6)9/h5-8,10H,2-4H2,1H3. The Labute approximate surface area is 61.4 Å². The van der Waals surface area contributed by atoms with Crippen LogP contribution < -0.4 is 0 Å². The summed E-state index contributed by atoms with van der Waals surface area (Å²) < 4.78 is 0. The number of aliphatic hydroxyl groups excluding tert-OH is 1. The summed E-state index contributed by atoms with van der Waals surface area (Å²) in [6, 6.07) is 0. The van der Waals surface area contributed by atoms with Gasteiger partial charge < -0.3 is 5.11 Å². The summed E-state index contributed by atoms with van der Waals surface area (Å²) in [7, 11) is 0. The van der Waals surface area contributed by atoms with Gasteiger partial charge in [0.15, 0.2) is 0 Å². The summed E-state index contributed by atoms with van der Waals surface area (Å²) in [5.74, 6) is 2.87. The van der Waals surface area contributed by atoms with E-state index in [4.69, 9.17) is 0 Å². The minimum Gasteiger partial charge on any atom is -0.393 e. The zero-order valence-corrected chi connectivity index (χ0v) is 6.38. The van der Waals surface area contributed by atoms with Crippen LogP contribution in [-0.4, -0.2) is 11.2 Å². The Morgan fingerprint density at radius 2 is 2.00 bits per heavy atom. The van der Waals surface area contributed by atoms with E-state index >= 15 is 0 Å². The predicted octanol–water partition coefficient (Wildman–Crippen LogP) is 1.41. The third kappa shape index (κ3) is 0.334. The molecule has 3 atom stereocenters. The van der Waals surface area contributed by atoms with Gasteiger partial charge >= 0.3 is 0 Å². The summed E-state index contributed by atoms with van der Waals surface area (Å²) >= 11 is 0. The lowest BCUT2D eigenvalue weighted by Gasteiger charge is -2.26. The van der Waals surface area contributed by atoms with Crippen LogP contribution in [0.15, 0.2) is 0 Å². The van der Waals surface area contributed by atoms with E-state index in [1.165, 1.54) is 19.3 Å². The molecule has 10 heavy (non-hydrogen) atoms. The van der Waals surface area contributed by atoms with Gasteiger partial charge in [0.1, 0.15) is 0 Å². The molecule has 0 saturated heterocycles. The Morgan fingerprint density at radius 3 is 2.30 bits per heavy atom. The van der Waals surface area contributed by atoms with Crippen LogP contribution in [0.1, 0.15) is 26.2 Å². The molecule has 1 heteroatoms. The second kappa shape index (κ2) is 1.29. The molecule has 0 aromatic rings. The average molecular weight is 138 g/mol. The molecule has 1 nitrogen and oxygen atoms in total.